The van der Waals surface area contributed by atoms with Crippen molar-refractivity contribution < 1.29 is 14.4 Å². The number of rotatable bonds is 6. The Balaban J connectivity index is 1.84. The van der Waals surface area contributed by atoms with E-state index in [2.05, 4.69) is 5.32 Å². The first kappa shape index (κ1) is 15.7. The lowest BCUT2D eigenvalue weighted by Gasteiger charge is -2.27. The second-order valence-electron chi connectivity index (χ2n) is 5.57. The number of nitrogens with zero attached hydrogens (tertiary/aromatic N) is 1. The molecule has 6 heteroatoms. The van der Waals surface area contributed by atoms with E-state index in [1.165, 1.54) is 12.1 Å². The van der Waals surface area contributed by atoms with E-state index in [1.54, 1.807) is 0 Å². The van der Waals surface area contributed by atoms with E-state index in [-0.39, 0.29) is 11.8 Å². The van der Waals surface area contributed by atoms with Gasteiger partial charge in [-0.2, -0.15) is 4.39 Å². The SMILES string of the molecule is O=[N+]([O-])c1c(F)cccc1NCCCC1CCCCC1O. The Bertz CT molecular complexity index is 496. The Kier molecular flexibility index (Phi) is 5.50. The van der Waals surface area contributed by atoms with Gasteiger partial charge in [0.25, 0.3) is 0 Å². The highest BCUT2D eigenvalue weighted by Gasteiger charge is 2.23. The van der Waals surface area contributed by atoms with Gasteiger partial charge in [-0.1, -0.05) is 18.9 Å². The Labute approximate surface area is 123 Å². The van der Waals surface area contributed by atoms with Crippen LogP contribution in [0, 0.1) is 21.8 Å². The molecule has 0 spiro atoms. The largest absolute Gasteiger partial charge is 0.393 e. The molecule has 0 aromatic heterocycles. The number of hydrogen-bond donors (Lipinski definition) is 2. The molecule has 0 aliphatic heterocycles. The molecule has 21 heavy (non-hydrogen) atoms. The van der Waals surface area contributed by atoms with E-state index in [4.69, 9.17) is 0 Å². The Hall–Kier alpha value is -1.69. The van der Waals surface area contributed by atoms with Gasteiger partial charge in [0.2, 0.25) is 5.82 Å². The molecule has 1 saturated carbocycles. The molecule has 0 heterocycles. The minimum absolute atomic E-state index is 0.212. The van der Waals surface area contributed by atoms with Crippen LogP contribution in [0.1, 0.15) is 38.5 Å². The number of hydrogen-bond acceptors (Lipinski definition) is 4. The van der Waals surface area contributed by atoms with Gasteiger partial charge < -0.3 is 10.4 Å². The van der Waals surface area contributed by atoms with Crippen LogP contribution in [0.15, 0.2) is 18.2 Å². The number of halogens is 1. The number of aliphatic hydroxyl groups is 1. The van der Waals surface area contributed by atoms with Crippen LogP contribution in [0.3, 0.4) is 0 Å². The molecular weight excluding hydrogens is 275 g/mol. The molecule has 5 nitrogen and oxygen atoms in total. The maximum Gasteiger partial charge on any atom is 0.327 e. The van der Waals surface area contributed by atoms with Crippen LogP contribution in [0.2, 0.25) is 0 Å². The van der Waals surface area contributed by atoms with Gasteiger partial charge in [0.15, 0.2) is 0 Å². The van der Waals surface area contributed by atoms with Gasteiger partial charge in [-0.15, -0.1) is 0 Å². The molecule has 2 unspecified atom stereocenters. The molecule has 2 rings (SSSR count). The number of benzene rings is 1. The van der Waals surface area contributed by atoms with Crippen molar-refractivity contribution in [2.24, 2.45) is 5.92 Å². The molecule has 1 aromatic rings. The topological polar surface area (TPSA) is 75.4 Å². The summed E-state index contributed by atoms with van der Waals surface area (Å²) in [5.41, 5.74) is -0.292. The van der Waals surface area contributed by atoms with E-state index in [0.717, 1.165) is 44.6 Å². The second kappa shape index (κ2) is 7.36. The van der Waals surface area contributed by atoms with Crippen LogP contribution >= 0.6 is 0 Å². The molecular formula is C15H21FN2O3. The zero-order chi connectivity index (χ0) is 15.2. The minimum Gasteiger partial charge on any atom is -0.393 e. The van der Waals surface area contributed by atoms with Crippen LogP contribution in [0.5, 0.6) is 0 Å². The smallest absolute Gasteiger partial charge is 0.327 e. The summed E-state index contributed by atoms with van der Waals surface area (Å²) < 4.78 is 13.4. The quantitative estimate of drug-likeness (QED) is 0.479. The predicted octanol–water partition coefficient (Wildman–Crippen LogP) is 3.48. The first-order chi connectivity index (χ1) is 10.1. The third-order valence-corrected chi connectivity index (χ3v) is 4.11. The average Bonchev–Trinajstić information content (AvgIpc) is 2.45. The van der Waals surface area contributed by atoms with Gasteiger partial charge in [0.1, 0.15) is 5.69 Å². The van der Waals surface area contributed by atoms with Gasteiger partial charge in [-0.3, -0.25) is 10.1 Å². The van der Waals surface area contributed by atoms with Crippen LogP contribution in [0.25, 0.3) is 0 Å². The molecule has 0 amide bonds. The highest BCUT2D eigenvalue weighted by Crippen LogP contribution is 2.29. The standard InChI is InChI=1S/C15H21FN2O3/c16-12-7-3-8-13(15(12)18(20)21)17-10-4-6-11-5-1-2-9-14(11)19/h3,7-8,11,14,17,19H,1-2,4-6,9-10H2. The van der Waals surface area contributed by atoms with E-state index >= 15 is 0 Å². The lowest BCUT2D eigenvalue weighted by molar-refractivity contribution is -0.386. The lowest BCUT2D eigenvalue weighted by Crippen LogP contribution is -2.24. The van der Waals surface area contributed by atoms with Crippen molar-refractivity contribution in [3.8, 4) is 0 Å². The average molecular weight is 296 g/mol. The molecule has 1 aliphatic carbocycles. The Morgan fingerprint density at radius 1 is 1.38 bits per heavy atom. The molecule has 0 bridgehead atoms. The number of nitro benzene ring substituents is 1. The van der Waals surface area contributed by atoms with E-state index < -0.39 is 16.4 Å². The van der Waals surface area contributed by atoms with Crippen molar-refractivity contribution in [1.82, 2.24) is 0 Å². The third-order valence-electron chi connectivity index (χ3n) is 4.11. The maximum atomic E-state index is 13.4. The van der Waals surface area contributed by atoms with Crippen LogP contribution in [-0.2, 0) is 0 Å². The lowest BCUT2D eigenvalue weighted by atomic mass is 9.83. The highest BCUT2D eigenvalue weighted by atomic mass is 19.1. The first-order valence-corrected chi connectivity index (χ1v) is 7.44. The molecule has 0 radical (unpaired) electrons. The summed E-state index contributed by atoms with van der Waals surface area (Å²) >= 11 is 0. The van der Waals surface area contributed by atoms with E-state index in [0.29, 0.717) is 12.5 Å². The van der Waals surface area contributed by atoms with Crippen LogP contribution in [-0.4, -0.2) is 22.7 Å². The maximum absolute atomic E-state index is 13.4. The van der Waals surface area contributed by atoms with Crippen LogP contribution in [0.4, 0.5) is 15.8 Å². The van der Waals surface area contributed by atoms with Crippen molar-refractivity contribution in [2.75, 3.05) is 11.9 Å². The molecule has 2 N–H and O–H groups in total. The van der Waals surface area contributed by atoms with Gasteiger partial charge in [0.05, 0.1) is 11.0 Å². The molecule has 0 saturated heterocycles. The molecule has 116 valence electrons. The van der Waals surface area contributed by atoms with E-state index in [1.807, 2.05) is 0 Å². The number of nitrogens with one attached hydrogen (secondary N) is 1. The van der Waals surface area contributed by atoms with Crippen LogP contribution < -0.4 is 5.32 Å². The van der Waals surface area contributed by atoms with Crippen molar-refractivity contribution in [2.45, 2.75) is 44.6 Å². The first-order valence-electron chi connectivity index (χ1n) is 7.44. The van der Waals surface area contributed by atoms with Gasteiger partial charge in [-0.05, 0) is 43.7 Å². The van der Waals surface area contributed by atoms with Crippen molar-refractivity contribution in [3.05, 3.63) is 34.1 Å². The summed E-state index contributed by atoms with van der Waals surface area (Å²) in [4.78, 5) is 10.2. The molecule has 1 fully saturated rings. The predicted molar refractivity (Wildman–Crippen MR) is 78.7 cm³/mol. The molecule has 1 aromatic carbocycles. The van der Waals surface area contributed by atoms with Crippen molar-refractivity contribution in [1.29, 1.82) is 0 Å². The summed E-state index contributed by atoms with van der Waals surface area (Å²) in [5.74, 6) is -0.504. The summed E-state index contributed by atoms with van der Waals surface area (Å²) in [7, 11) is 0. The number of para-hydroxylation sites is 1. The van der Waals surface area contributed by atoms with Crippen molar-refractivity contribution in [3.63, 3.8) is 0 Å². The number of aliphatic hydroxyl groups excluding tert-OH is 1. The zero-order valence-electron chi connectivity index (χ0n) is 11.9. The monoisotopic (exact) mass is 296 g/mol. The second-order valence-corrected chi connectivity index (χ2v) is 5.57. The zero-order valence-corrected chi connectivity index (χ0v) is 11.9. The summed E-state index contributed by atoms with van der Waals surface area (Å²) in [5, 5.41) is 23.7. The Morgan fingerprint density at radius 2 is 2.14 bits per heavy atom. The summed E-state index contributed by atoms with van der Waals surface area (Å²) in [6.07, 6.45) is 5.62. The Morgan fingerprint density at radius 3 is 2.86 bits per heavy atom. The highest BCUT2D eigenvalue weighted by molar-refractivity contribution is 5.61. The number of nitro groups is 1. The van der Waals surface area contributed by atoms with Crippen molar-refractivity contribution >= 4 is 11.4 Å². The van der Waals surface area contributed by atoms with Gasteiger partial charge in [-0.25, -0.2) is 0 Å². The summed E-state index contributed by atoms with van der Waals surface area (Å²) in [6.45, 7) is 0.535. The van der Waals surface area contributed by atoms with Gasteiger partial charge in [0, 0.05) is 6.54 Å². The third kappa shape index (κ3) is 4.14. The molecule has 1 aliphatic rings. The number of anilines is 1. The van der Waals surface area contributed by atoms with E-state index in [9.17, 15) is 19.6 Å². The molecule has 2 atom stereocenters. The fraction of sp³-hybridized carbons (Fsp3) is 0.600. The van der Waals surface area contributed by atoms with Gasteiger partial charge >= 0.3 is 5.69 Å². The summed E-state index contributed by atoms with van der Waals surface area (Å²) in [6, 6.07) is 4.05. The minimum atomic E-state index is -0.826. The fourth-order valence-electron chi connectivity index (χ4n) is 2.96. The fourth-order valence-corrected chi connectivity index (χ4v) is 2.96. The normalized spacial score (nSPS) is 22.0.